The number of aromatic nitrogens is 5. The fourth-order valence-corrected chi connectivity index (χ4v) is 1.72. The first-order valence-electron chi connectivity index (χ1n) is 6.36. The average Bonchev–Trinajstić information content (AvgIpc) is 2.86. The third kappa shape index (κ3) is 3.04. The highest BCUT2D eigenvalue weighted by Crippen LogP contribution is 2.13. The number of imidazole rings is 1. The second-order valence-corrected chi connectivity index (χ2v) is 5.68. The molecule has 0 fully saturated rings. The summed E-state index contributed by atoms with van der Waals surface area (Å²) >= 11 is 0. The molecule has 0 aliphatic carbocycles. The van der Waals surface area contributed by atoms with Gasteiger partial charge in [-0.3, -0.25) is 0 Å². The molecule has 0 unspecified atom stereocenters. The SMILES string of the molecule is Cc1c(C(=O)OC(C)(C)C)nnn1Cc1cncn1C. The Labute approximate surface area is 117 Å². The maximum atomic E-state index is 12.0. The van der Waals surface area contributed by atoms with Crippen molar-refractivity contribution < 1.29 is 9.53 Å². The summed E-state index contributed by atoms with van der Waals surface area (Å²) in [6.45, 7) is 7.77. The van der Waals surface area contributed by atoms with Crippen molar-refractivity contribution in [3.63, 3.8) is 0 Å². The van der Waals surface area contributed by atoms with E-state index in [1.54, 1.807) is 24.1 Å². The number of carbonyl (C=O) groups excluding carboxylic acids is 1. The lowest BCUT2D eigenvalue weighted by Crippen LogP contribution is -2.24. The van der Waals surface area contributed by atoms with Crippen LogP contribution in [0.15, 0.2) is 12.5 Å². The molecule has 2 aromatic heterocycles. The summed E-state index contributed by atoms with van der Waals surface area (Å²) in [6.07, 6.45) is 3.48. The third-order valence-corrected chi connectivity index (χ3v) is 2.80. The van der Waals surface area contributed by atoms with Crippen LogP contribution in [0.5, 0.6) is 0 Å². The molecule has 0 aliphatic rings. The van der Waals surface area contributed by atoms with Crippen LogP contribution in [0, 0.1) is 6.92 Å². The largest absolute Gasteiger partial charge is 0.455 e. The predicted molar refractivity (Wildman–Crippen MR) is 72.2 cm³/mol. The first kappa shape index (κ1) is 14.2. The Balaban J connectivity index is 2.19. The first-order valence-corrected chi connectivity index (χ1v) is 6.36. The van der Waals surface area contributed by atoms with Gasteiger partial charge in [0, 0.05) is 7.05 Å². The van der Waals surface area contributed by atoms with Crippen LogP contribution in [0.25, 0.3) is 0 Å². The fourth-order valence-electron chi connectivity index (χ4n) is 1.72. The van der Waals surface area contributed by atoms with Crippen molar-refractivity contribution in [3.05, 3.63) is 29.6 Å². The molecular weight excluding hydrogens is 258 g/mol. The molecule has 108 valence electrons. The van der Waals surface area contributed by atoms with Crippen LogP contribution in [0.2, 0.25) is 0 Å². The Bertz CT molecular complexity index is 621. The average molecular weight is 277 g/mol. The maximum absolute atomic E-state index is 12.0. The summed E-state index contributed by atoms with van der Waals surface area (Å²) < 4.78 is 8.86. The van der Waals surface area contributed by atoms with Crippen LogP contribution in [0.3, 0.4) is 0 Å². The molecule has 0 amide bonds. The molecule has 0 aliphatic heterocycles. The Morgan fingerprint density at radius 3 is 2.65 bits per heavy atom. The van der Waals surface area contributed by atoms with Gasteiger partial charge in [0.15, 0.2) is 5.69 Å². The van der Waals surface area contributed by atoms with Crippen LogP contribution in [-0.4, -0.2) is 36.1 Å². The van der Waals surface area contributed by atoms with Crippen LogP contribution >= 0.6 is 0 Å². The molecule has 0 saturated carbocycles. The van der Waals surface area contributed by atoms with Gasteiger partial charge < -0.3 is 9.30 Å². The lowest BCUT2D eigenvalue weighted by atomic mass is 10.2. The van der Waals surface area contributed by atoms with E-state index < -0.39 is 11.6 Å². The van der Waals surface area contributed by atoms with Crippen LogP contribution in [0.1, 0.15) is 42.6 Å². The van der Waals surface area contributed by atoms with Crippen molar-refractivity contribution in [2.45, 2.75) is 39.8 Å². The molecule has 2 heterocycles. The van der Waals surface area contributed by atoms with Crippen molar-refractivity contribution in [3.8, 4) is 0 Å². The molecule has 0 radical (unpaired) electrons. The van der Waals surface area contributed by atoms with E-state index in [0.717, 1.165) is 5.69 Å². The van der Waals surface area contributed by atoms with Crippen molar-refractivity contribution in [1.29, 1.82) is 0 Å². The van der Waals surface area contributed by atoms with E-state index in [1.807, 2.05) is 32.4 Å². The Morgan fingerprint density at radius 1 is 1.40 bits per heavy atom. The fraction of sp³-hybridized carbons (Fsp3) is 0.538. The minimum Gasteiger partial charge on any atom is -0.455 e. The zero-order valence-corrected chi connectivity index (χ0v) is 12.4. The van der Waals surface area contributed by atoms with Gasteiger partial charge in [-0.2, -0.15) is 0 Å². The lowest BCUT2D eigenvalue weighted by molar-refractivity contribution is 0.00619. The Kier molecular flexibility index (Phi) is 3.61. The standard InChI is InChI=1S/C13H19N5O2/c1-9-11(12(19)20-13(2,3)4)15-16-18(9)7-10-6-14-8-17(10)5/h6,8H,7H2,1-5H3. The molecule has 2 rings (SSSR count). The second kappa shape index (κ2) is 5.07. The van der Waals surface area contributed by atoms with E-state index in [0.29, 0.717) is 12.2 Å². The zero-order valence-electron chi connectivity index (χ0n) is 12.4. The van der Waals surface area contributed by atoms with Crippen LogP contribution in [-0.2, 0) is 18.3 Å². The summed E-state index contributed by atoms with van der Waals surface area (Å²) in [4.78, 5) is 16.1. The molecule has 7 nitrogen and oxygen atoms in total. The monoisotopic (exact) mass is 277 g/mol. The number of rotatable bonds is 3. The zero-order chi connectivity index (χ0) is 14.9. The molecule has 0 saturated heterocycles. The quantitative estimate of drug-likeness (QED) is 0.791. The molecule has 0 bridgehead atoms. The number of carbonyl (C=O) groups is 1. The van der Waals surface area contributed by atoms with E-state index in [-0.39, 0.29) is 5.69 Å². The topological polar surface area (TPSA) is 74.8 Å². The van der Waals surface area contributed by atoms with Gasteiger partial charge in [-0.1, -0.05) is 5.21 Å². The minimum absolute atomic E-state index is 0.252. The number of aryl methyl sites for hydroxylation is 1. The molecule has 7 heteroatoms. The van der Waals surface area contributed by atoms with Gasteiger partial charge >= 0.3 is 5.97 Å². The highest BCUT2D eigenvalue weighted by Gasteiger charge is 2.23. The predicted octanol–water partition coefficient (Wildman–Crippen LogP) is 1.32. The van der Waals surface area contributed by atoms with Crippen LogP contribution in [0.4, 0.5) is 0 Å². The first-order chi connectivity index (χ1) is 9.28. The van der Waals surface area contributed by atoms with Gasteiger partial charge in [0.25, 0.3) is 0 Å². The number of esters is 1. The van der Waals surface area contributed by atoms with Crippen molar-refractivity contribution in [2.75, 3.05) is 0 Å². The van der Waals surface area contributed by atoms with Crippen LogP contribution < -0.4 is 0 Å². The summed E-state index contributed by atoms with van der Waals surface area (Å²) in [5.74, 6) is -0.453. The molecule has 0 N–H and O–H groups in total. The molecule has 20 heavy (non-hydrogen) atoms. The number of nitrogens with zero attached hydrogens (tertiary/aromatic N) is 5. The Hall–Kier alpha value is -2.18. The second-order valence-electron chi connectivity index (χ2n) is 5.68. The van der Waals surface area contributed by atoms with Crippen molar-refractivity contribution in [1.82, 2.24) is 24.5 Å². The molecular formula is C13H19N5O2. The van der Waals surface area contributed by atoms with E-state index in [1.165, 1.54) is 0 Å². The highest BCUT2D eigenvalue weighted by atomic mass is 16.6. The molecule has 2 aromatic rings. The normalized spacial score (nSPS) is 11.7. The summed E-state index contributed by atoms with van der Waals surface area (Å²) in [5, 5.41) is 7.93. The van der Waals surface area contributed by atoms with E-state index in [4.69, 9.17) is 4.74 Å². The number of hydrogen-bond acceptors (Lipinski definition) is 5. The van der Waals surface area contributed by atoms with Crippen molar-refractivity contribution >= 4 is 5.97 Å². The summed E-state index contributed by atoms with van der Waals surface area (Å²) in [6, 6.07) is 0. The van der Waals surface area contributed by atoms with E-state index in [2.05, 4.69) is 15.3 Å². The summed E-state index contributed by atoms with van der Waals surface area (Å²) in [7, 11) is 1.91. The smallest absolute Gasteiger partial charge is 0.361 e. The van der Waals surface area contributed by atoms with Gasteiger partial charge in [-0.25, -0.2) is 14.5 Å². The van der Waals surface area contributed by atoms with Gasteiger partial charge in [0.1, 0.15) is 5.60 Å². The van der Waals surface area contributed by atoms with Gasteiger partial charge in [-0.05, 0) is 27.7 Å². The lowest BCUT2D eigenvalue weighted by Gasteiger charge is -2.18. The van der Waals surface area contributed by atoms with Crippen molar-refractivity contribution in [2.24, 2.45) is 7.05 Å². The van der Waals surface area contributed by atoms with E-state index in [9.17, 15) is 4.79 Å². The molecule has 0 spiro atoms. The Morgan fingerprint density at radius 2 is 2.10 bits per heavy atom. The van der Waals surface area contributed by atoms with E-state index >= 15 is 0 Å². The van der Waals surface area contributed by atoms with Gasteiger partial charge in [0.05, 0.1) is 30.5 Å². The summed E-state index contributed by atoms with van der Waals surface area (Å²) in [5.41, 5.74) is 1.37. The minimum atomic E-state index is -0.546. The molecule has 0 atom stereocenters. The number of hydrogen-bond donors (Lipinski definition) is 0. The number of ether oxygens (including phenoxy) is 1. The highest BCUT2D eigenvalue weighted by molar-refractivity contribution is 5.88. The molecule has 0 aromatic carbocycles. The maximum Gasteiger partial charge on any atom is 0.361 e. The van der Waals surface area contributed by atoms with Gasteiger partial charge in [-0.15, -0.1) is 5.10 Å². The van der Waals surface area contributed by atoms with Gasteiger partial charge in [0.2, 0.25) is 0 Å². The third-order valence-electron chi connectivity index (χ3n) is 2.80.